The third-order valence-corrected chi connectivity index (χ3v) is 3.02. The first-order valence-electron chi connectivity index (χ1n) is 5.64. The summed E-state index contributed by atoms with van der Waals surface area (Å²) in [5.41, 5.74) is 0. The molecule has 0 saturated carbocycles. The van der Waals surface area contributed by atoms with E-state index in [4.69, 9.17) is 0 Å². The predicted octanol–water partition coefficient (Wildman–Crippen LogP) is -1.94. The lowest BCUT2D eigenvalue weighted by Crippen LogP contribution is -2.60. The van der Waals surface area contributed by atoms with Crippen LogP contribution in [0.15, 0.2) is 0 Å². The molecule has 2 amide bonds. The van der Waals surface area contributed by atoms with Crippen LogP contribution in [0.4, 0.5) is 0 Å². The van der Waals surface area contributed by atoms with Gasteiger partial charge in [-0.25, -0.2) is 0 Å². The number of aliphatic hydroxyl groups is 1. The summed E-state index contributed by atoms with van der Waals surface area (Å²) in [5.74, 6) is -0.110. The van der Waals surface area contributed by atoms with Crippen molar-refractivity contribution in [1.82, 2.24) is 15.5 Å². The van der Waals surface area contributed by atoms with Crippen molar-refractivity contribution in [2.24, 2.45) is 0 Å². The Morgan fingerprint density at radius 2 is 2.31 bits per heavy atom. The van der Waals surface area contributed by atoms with E-state index in [1.54, 1.807) is 4.90 Å². The van der Waals surface area contributed by atoms with E-state index in [1.807, 2.05) is 0 Å². The highest BCUT2D eigenvalue weighted by Crippen LogP contribution is 2.11. The number of β-amino-alcohol motifs (C(OH)–C–C–N with tert-alkyl or cyclic N) is 1. The van der Waals surface area contributed by atoms with Crippen LogP contribution in [0.5, 0.6) is 0 Å². The van der Waals surface area contributed by atoms with Crippen molar-refractivity contribution in [1.29, 1.82) is 0 Å². The fourth-order valence-electron chi connectivity index (χ4n) is 2.12. The summed E-state index contributed by atoms with van der Waals surface area (Å²) in [6, 6.07) is -0.344. The molecule has 2 unspecified atom stereocenters. The second-order valence-electron chi connectivity index (χ2n) is 4.32. The van der Waals surface area contributed by atoms with Gasteiger partial charge in [-0.15, -0.1) is 0 Å². The number of piperidine rings is 1. The molecule has 0 aliphatic carbocycles. The number of piperazine rings is 1. The Kier molecular flexibility index (Phi) is 3.40. The van der Waals surface area contributed by atoms with Gasteiger partial charge in [-0.3, -0.25) is 14.9 Å². The van der Waals surface area contributed by atoms with Crippen LogP contribution in [0.3, 0.4) is 0 Å². The van der Waals surface area contributed by atoms with E-state index < -0.39 is 6.10 Å². The van der Waals surface area contributed by atoms with Gasteiger partial charge in [-0.1, -0.05) is 0 Å². The van der Waals surface area contributed by atoms with E-state index in [2.05, 4.69) is 10.6 Å². The van der Waals surface area contributed by atoms with E-state index in [1.165, 1.54) is 0 Å². The van der Waals surface area contributed by atoms with E-state index in [0.717, 1.165) is 12.8 Å². The number of hydrogen-bond donors (Lipinski definition) is 3. The van der Waals surface area contributed by atoms with Crippen molar-refractivity contribution in [2.75, 3.05) is 26.2 Å². The first kappa shape index (κ1) is 11.3. The average Bonchev–Trinajstić information content (AvgIpc) is 2.29. The van der Waals surface area contributed by atoms with Crippen LogP contribution in [0, 0.1) is 0 Å². The number of hydrogen-bond acceptors (Lipinski definition) is 4. The van der Waals surface area contributed by atoms with Crippen molar-refractivity contribution in [2.45, 2.75) is 25.0 Å². The lowest BCUT2D eigenvalue weighted by Gasteiger charge is -2.34. The molecule has 2 aliphatic rings. The van der Waals surface area contributed by atoms with Crippen molar-refractivity contribution in [3.05, 3.63) is 0 Å². The first-order valence-corrected chi connectivity index (χ1v) is 5.64. The Morgan fingerprint density at radius 3 is 2.94 bits per heavy atom. The molecule has 2 rings (SSSR count). The monoisotopic (exact) mass is 227 g/mol. The second-order valence-corrected chi connectivity index (χ2v) is 4.32. The average molecular weight is 227 g/mol. The summed E-state index contributed by atoms with van der Waals surface area (Å²) in [5, 5.41) is 15.0. The van der Waals surface area contributed by atoms with E-state index >= 15 is 0 Å². The van der Waals surface area contributed by atoms with Crippen LogP contribution in [-0.2, 0) is 9.59 Å². The Labute approximate surface area is 94.0 Å². The van der Waals surface area contributed by atoms with Crippen molar-refractivity contribution in [3.8, 4) is 0 Å². The molecule has 0 radical (unpaired) electrons. The topological polar surface area (TPSA) is 81.7 Å². The summed E-state index contributed by atoms with van der Waals surface area (Å²) >= 11 is 0. The lowest BCUT2D eigenvalue weighted by molar-refractivity contribution is -0.137. The molecular formula is C10H17N3O3. The Balaban J connectivity index is 1.89. The highest BCUT2D eigenvalue weighted by molar-refractivity contribution is 5.86. The van der Waals surface area contributed by atoms with E-state index in [-0.39, 0.29) is 24.4 Å². The van der Waals surface area contributed by atoms with Gasteiger partial charge in [0.05, 0.1) is 12.6 Å². The summed E-state index contributed by atoms with van der Waals surface area (Å²) in [6.07, 6.45) is 1.20. The second kappa shape index (κ2) is 4.80. The minimum absolute atomic E-state index is 0.0289. The molecule has 6 heteroatoms. The predicted molar refractivity (Wildman–Crippen MR) is 56.6 cm³/mol. The maximum Gasteiger partial charge on any atom is 0.241 e. The highest BCUT2D eigenvalue weighted by Gasteiger charge is 2.30. The number of rotatable bonds is 1. The number of carbonyl (C=O) groups excluding carboxylic acids is 2. The third kappa shape index (κ3) is 2.51. The van der Waals surface area contributed by atoms with Crippen LogP contribution in [-0.4, -0.2) is 60.1 Å². The van der Waals surface area contributed by atoms with Crippen LogP contribution < -0.4 is 10.6 Å². The zero-order valence-electron chi connectivity index (χ0n) is 9.11. The molecule has 90 valence electrons. The van der Waals surface area contributed by atoms with Gasteiger partial charge in [0.15, 0.2) is 0 Å². The Bertz CT molecular complexity index is 285. The molecule has 0 spiro atoms. The number of nitrogens with zero attached hydrogens (tertiary/aromatic N) is 1. The molecule has 2 atom stereocenters. The molecular weight excluding hydrogens is 210 g/mol. The molecule has 2 saturated heterocycles. The van der Waals surface area contributed by atoms with E-state index in [9.17, 15) is 14.7 Å². The van der Waals surface area contributed by atoms with Gasteiger partial charge < -0.3 is 15.3 Å². The number of amides is 2. The Morgan fingerprint density at radius 1 is 1.50 bits per heavy atom. The maximum absolute atomic E-state index is 12.0. The normalized spacial score (nSPS) is 31.1. The number of carbonyl (C=O) groups is 2. The molecule has 2 fully saturated rings. The van der Waals surface area contributed by atoms with Crippen LogP contribution in [0.1, 0.15) is 12.8 Å². The maximum atomic E-state index is 12.0. The minimum atomic E-state index is -0.407. The van der Waals surface area contributed by atoms with Gasteiger partial charge in [0.1, 0.15) is 6.04 Å². The van der Waals surface area contributed by atoms with E-state index in [0.29, 0.717) is 19.6 Å². The van der Waals surface area contributed by atoms with Crippen LogP contribution in [0.25, 0.3) is 0 Å². The fraction of sp³-hybridized carbons (Fsp3) is 0.800. The van der Waals surface area contributed by atoms with Crippen molar-refractivity contribution >= 4 is 11.8 Å². The fourth-order valence-corrected chi connectivity index (χ4v) is 2.12. The minimum Gasteiger partial charge on any atom is -0.391 e. The summed E-state index contributed by atoms with van der Waals surface area (Å²) in [7, 11) is 0. The summed E-state index contributed by atoms with van der Waals surface area (Å²) in [4.78, 5) is 24.6. The van der Waals surface area contributed by atoms with Gasteiger partial charge in [-0.05, 0) is 12.8 Å². The van der Waals surface area contributed by atoms with Crippen LogP contribution in [0.2, 0.25) is 0 Å². The molecule has 16 heavy (non-hydrogen) atoms. The summed E-state index contributed by atoms with van der Waals surface area (Å²) < 4.78 is 0. The number of aliphatic hydroxyl groups excluding tert-OH is 1. The van der Waals surface area contributed by atoms with Gasteiger partial charge in [0, 0.05) is 19.6 Å². The Hall–Kier alpha value is -1.14. The van der Waals surface area contributed by atoms with Crippen molar-refractivity contribution in [3.63, 3.8) is 0 Å². The van der Waals surface area contributed by atoms with Crippen molar-refractivity contribution < 1.29 is 14.7 Å². The highest BCUT2D eigenvalue weighted by atomic mass is 16.3. The van der Waals surface area contributed by atoms with Gasteiger partial charge in [0.2, 0.25) is 11.8 Å². The van der Waals surface area contributed by atoms with Crippen LogP contribution >= 0.6 is 0 Å². The quantitative estimate of drug-likeness (QED) is 0.487. The van der Waals surface area contributed by atoms with Gasteiger partial charge >= 0.3 is 0 Å². The molecule has 0 aromatic carbocycles. The third-order valence-electron chi connectivity index (χ3n) is 3.02. The molecule has 0 bridgehead atoms. The number of likely N-dealkylation sites (tertiary alicyclic amines) is 1. The smallest absolute Gasteiger partial charge is 0.241 e. The number of nitrogens with one attached hydrogen (secondary N) is 2. The summed E-state index contributed by atoms with van der Waals surface area (Å²) in [6.45, 7) is 1.63. The lowest BCUT2D eigenvalue weighted by atomic mass is 10.1. The molecule has 6 nitrogen and oxygen atoms in total. The molecule has 2 aliphatic heterocycles. The molecule has 0 aromatic heterocycles. The largest absolute Gasteiger partial charge is 0.391 e. The molecule has 0 aromatic rings. The first-order chi connectivity index (χ1) is 7.66. The van der Waals surface area contributed by atoms with Gasteiger partial charge in [0.25, 0.3) is 0 Å². The molecule has 2 heterocycles. The molecule has 3 N–H and O–H groups in total. The zero-order valence-corrected chi connectivity index (χ0v) is 9.11. The van der Waals surface area contributed by atoms with Gasteiger partial charge in [-0.2, -0.15) is 0 Å². The zero-order chi connectivity index (χ0) is 11.5. The standard InChI is InChI=1S/C10H17N3O3/c14-7-2-1-3-13(6-7)10(16)8-4-12-9(15)5-11-8/h7-8,11,14H,1-6H2,(H,12,15). The SMILES string of the molecule is O=C1CNC(C(=O)N2CCCC(O)C2)CN1.